The van der Waals surface area contributed by atoms with Crippen LogP contribution in [0.5, 0.6) is 0 Å². The molecule has 0 radical (unpaired) electrons. The van der Waals surface area contributed by atoms with Crippen molar-refractivity contribution in [2.45, 2.75) is 25.4 Å². The Kier molecular flexibility index (Phi) is 5.00. The Hall–Kier alpha value is -1.72. The minimum atomic E-state index is -4.13. The van der Waals surface area contributed by atoms with Crippen molar-refractivity contribution in [2.24, 2.45) is 0 Å². The number of halogens is 3. The molecule has 0 heterocycles. The molecule has 0 aliphatic heterocycles. The number of hydrogen-bond donors (Lipinski definition) is 2. The van der Waals surface area contributed by atoms with Gasteiger partial charge in [-0.15, -0.1) is 0 Å². The van der Waals surface area contributed by atoms with Crippen molar-refractivity contribution < 1.29 is 18.0 Å². The summed E-state index contributed by atoms with van der Waals surface area (Å²) in [5.41, 5.74) is 6.29. The zero-order valence-corrected chi connectivity index (χ0v) is 9.76. The van der Waals surface area contributed by atoms with E-state index in [1.807, 2.05) is 0 Å². The highest BCUT2D eigenvalue weighted by Crippen LogP contribution is 2.21. The molecular weight excluding hydrogens is 245 g/mol. The Balaban J connectivity index is 2.28. The lowest BCUT2D eigenvalue weighted by Gasteiger charge is -2.08. The lowest BCUT2D eigenvalue weighted by atomic mass is 10.1. The number of alkyl halides is 3. The monoisotopic (exact) mass is 260 g/mol. The highest BCUT2D eigenvalue weighted by molar-refractivity contribution is 5.98. The van der Waals surface area contributed by atoms with Gasteiger partial charge in [0, 0.05) is 18.7 Å². The second kappa shape index (κ2) is 6.28. The molecule has 0 spiro atoms. The van der Waals surface area contributed by atoms with Crippen molar-refractivity contribution in [1.29, 1.82) is 0 Å². The number of carbonyl (C=O) groups is 1. The van der Waals surface area contributed by atoms with Crippen molar-refractivity contribution in [1.82, 2.24) is 5.32 Å². The van der Waals surface area contributed by atoms with Crippen LogP contribution in [0, 0.1) is 0 Å². The zero-order valence-electron chi connectivity index (χ0n) is 9.76. The van der Waals surface area contributed by atoms with Gasteiger partial charge >= 0.3 is 6.18 Å². The summed E-state index contributed by atoms with van der Waals surface area (Å²) in [6.45, 7) is 0.212. The Labute approximate surface area is 103 Å². The third-order valence-corrected chi connectivity index (χ3v) is 2.38. The summed E-state index contributed by atoms with van der Waals surface area (Å²) in [6.07, 6.45) is -4.66. The molecule has 0 fully saturated rings. The standard InChI is InChI=1S/C12H15F3N2O/c13-12(14,15)7-3-4-8-17-11(18)9-5-1-2-6-10(9)16/h1-2,5-6H,3-4,7-8,16H2,(H,17,18). The van der Waals surface area contributed by atoms with Crippen molar-refractivity contribution in [3.63, 3.8) is 0 Å². The predicted octanol–water partition coefficient (Wildman–Crippen LogP) is 2.73. The summed E-state index contributed by atoms with van der Waals surface area (Å²) < 4.78 is 35.6. The topological polar surface area (TPSA) is 55.1 Å². The first kappa shape index (κ1) is 14.3. The predicted molar refractivity (Wildman–Crippen MR) is 63.1 cm³/mol. The third kappa shape index (κ3) is 5.07. The molecule has 1 aromatic carbocycles. The first-order valence-corrected chi connectivity index (χ1v) is 5.59. The van der Waals surface area contributed by atoms with Gasteiger partial charge in [-0.25, -0.2) is 0 Å². The van der Waals surface area contributed by atoms with Crippen LogP contribution in [-0.4, -0.2) is 18.6 Å². The molecule has 0 aromatic heterocycles. The van der Waals surface area contributed by atoms with Gasteiger partial charge in [0.05, 0.1) is 5.56 Å². The molecule has 0 aliphatic rings. The Morgan fingerprint density at radius 1 is 1.22 bits per heavy atom. The smallest absolute Gasteiger partial charge is 0.389 e. The molecule has 1 aromatic rings. The van der Waals surface area contributed by atoms with E-state index in [9.17, 15) is 18.0 Å². The molecular formula is C12H15F3N2O. The fourth-order valence-corrected chi connectivity index (χ4v) is 1.45. The number of nitrogen functional groups attached to an aromatic ring is 1. The molecule has 0 atom stereocenters. The SMILES string of the molecule is Nc1ccccc1C(=O)NCCCCC(F)(F)F. The van der Waals surface area contributed by atoms with Gasteiger partial charge in [-0.05, 0) is 25.0 Å². The molecule has 0 saturated heterocycles. The van der Waals surface area contributed by atoms with E-state index in [1.54, 1.807) is 24.3 Å². The van der Waals surface area contributed by atoms with Crippen LogP contribution in [0.1, 0.15) is 29.6 Å². The highest BCUT2D eigenvalue weighted by atomic mass is 19.4. The molecule has 0 unspecified atom stereocenters. The molecule has 3 nitrogen and oxygen atoms in total. The van der Waals surface area contributed by atoms with Crippen LogP contribution < -0.4 is 11.1 Å². The van der Waals surface area contributed by atoms with Crippen LogP contribution in [0.2, 0.25) is 0 Å². The van der Waals surface area contributed by atoms with Crippen LogP contribution in [0.3, 0.4) is 0 Å². The lowest BCUT2D eigenvalue weighted by molar-refractivity contribution is -0.135. The average Bonchev–Trinajstić information content (AvgIpc) is 2.27. The van der Waals surface area contributed by atoms with Crippen LogP contribution in [-0.2, 0) is 0 Å². The Bertz CT molecular complexity index is 405. The molecule has 0 aliphatic carbocycles. The van der Waals surface area contributed by atoms with Gasteiger partial charge in [-0.1, -0.05) is 12.1 Å². The van der Waals surface area contributed by atoms with Crippen molar-refractivity contribution >= 4 is 11.6 Å². The fourth-order valence-electron chi connectivity index (χ4n) is 1.45. The minimum absolute atomic E-state index is 0.00799. The number of benzene rings is 1. The summed E-state index contributed by atoms with van der Waals surface area (Å²) in [5.74, 6) is -0.361. The van der Waals surface area contributed by atoms with Gasteiger partial charge in [0.1, 0.15) is 0 Å². The molecule has 6 heteroatoms. The number of anilines is 1. The number of rotatable bonds is 5. The van der Waals surface area contributed by atoms with Crippen molar-refractivity contribution in [3.8, 4) is 0 Å². The van der Waals surface area contributed by atoms with Crippen LogP contribution in [0.25, 0.3) is 0 Å². The number of nitrogens with one attached hydrogen (secondary N) is 1. The molecule has 0 saturated carbocycles. The van der Waals surface area contributed by atoms with E-state index in [0.717, 1.165) is 0 Å². The molecule has 3 N–H and O–H groups in total. The van der Waals surface area contributed by atoms with Gasteiger partial charge in [-0.2, -0.15) is 13.2 Å². The number of hydrogen-bond acceptors (Lipinski definition) is 2. The number of nitrogens with two attached hydrogens (primary N) is 1. The van der Waals surface area contributed by atoms with Gasteiger partial charge in [0.15, 0.2) is 0 Å². The average molecular weight is 260 g/mol. The van der Waals surface area contributed by atoms with Crippen LogP contribution >= 0.6 is 0 Å². The van der Waals surface area contributed by atoms with Crippen molar-refractivity contribution in [3.05, 3.63) is 29.8 Å². The van der Waals surface area contributed by atoms with Gasteiger partial charge < -0.3 is 11.1 Å². The van der Waals surface area contributed by atoms with Crippen molar-refractivity contribution in [2.75, 3.05) is 12.3 Å². The van der Waals surface area contributed by atoms with Gasteiger partial charge in [-0.3, -0.25) is 4.79 Å². The second-order valence-corrected chi connectivity index (χ2v) is 3.92. The van der Waals surface area contributed by atoms with Crippen LogP contribution in [0.15, 0.2) is 24.3 Å². The van der Waals surface area contributed by atoms with Gasteiger partial charge in [0.2, 0.25) is 0 Å². The number of amides is 1. The number of unbranched alkanes of at least 4 members (excludes halogenated alkanes) is 1. The van der Waals surface area contributed by atoms with Crippen LogP contribution in [0.4, 0.5) is 18.9 Å². The summed E-state index contributed by atoms with van der Waals surface area (Å²) in [4.78, 5) is 11.6. The summed E-state index contributed by atoms with van der Waals surface area (Å²) in [6, 6.07) is 6.54. The van der Waals surface area contributed by atoms with E-state index in [4.69, 9.17) is 5.73 Å². The van der Waals surface area contributed by atoms with E-state index >= 15 is 0 Å². The lowest BCUT2D eigenvalue weighted by Crippen LogP contribution is -2.25. The molecule has 18 heavy (non-hydrogen) atoms. The Morgan fingerprint density at radius 3 is 2.50 bits per heavy atom. The normalized spacial score (nSPS) is 11.3. The first-order chi connectivity index (χ1) is 8.40. The Morgan fingerprint density at radius 2 is 1.89 bits per heavy atom. The largest absolute Gasteiger partial charge is 0.398 e. The molecule has 1 rings (SSSR count). The summed E-state index contributed by atoms with van der Waals surface area (Å²) in [7, 11) is 0. The molecule has 1 amide bonds. The number of para-hydroxylation sites is 1. The van der Waals surface area contributed by atoms with E-state index in [1.165, 1.54) is 0 Å². The maximum atomic E-state index is 11.9. The highest BCUT2D eigenvalue weighted by Gasteiger charge is 2.25. The fraction of sp³-hybridized carbons (Fsp3) is 0.417. The van der Waals surface area contributed by atoms with E-state index in [0.29, 0.717) is 11.3 Å². The maximum Gasteiger partial charge on any atom is 0.389 e. The quantitative estimate of drug-likeness (QED) is 0.631. The van der Waals surface area contributed by atoms with E-state index in [2.05, 4.69) is 5.32 Å². The maximum absolute atomic E-state index is 11.9. The molecule has 0 bridgehead atoms. The van der Waals surface area contributed by atoms with E-state index < -0.39 is 12.6 Å². The minimum Gasteiger partial charge on any atom is -0.398 e. The zero-order chi connectivity index (χ0) is 13.6. The second-order valence-electron chi connectivity index (χ2n) is 3.92. The summed E-state index contributed by atoms with van der Waals surface area (Å²) >= 11 is 0. The summed E-state index contributed by atoms with van der Waals surface area (Å²) in [5, 5.41) is 2.54. The van der Waals surface area contributed by atoms with E-state index in [-0.39, 0.29) is 25.3 Å². The molecule has 100 valence electrons. The number of carbonyl (C=O) groups excluding carboxylic acids is 1. The third-order valence-electron chi connectivity index (χ3n) is 2.38. The first-order valence-electron chi connectivity index (χ1n) is 5.59. The van der Waals surface area contributed by atoms with Gasteiger partial charge in [0.25, 0.3) is 5.91 Å².